The van der Waals surface area contributed by atoms with Crippen molar-refractivity contribution in [2.75, 3.05) is 18.5 Å². The van der Waals surface area contributed by atoms with E-state index in [0.29, 0.717) is 31.6 Å². The molecule has 0 aliphatic rings. The number of hydrogen-bond acceptors (Lipinski definition) is 3. The van der Waals surface area contributed by atoms with Crippen LogP contribution in [0.4, 0.5) is 10.1 Å². The molecule has 0 saturated heterocycles. The fraction of sp³-hybridized carbons (Fsp3) is 0.278. The third kappa shape index (κ3) is 6.08. The lowest BCUT2D eigenvalue weighted by Gasteiger charge is -2.08. The summed E-state index contributed by atoms with van der Waals surface area (Å²) in [5, 5.41) is 11.7. The van der Waals surface area contributed by atoms with Crippen LogP contribution in [0.15, 0.2) is 48.5 Å². The Bertz CT molecular complexity index is 628. The van der Waals surface area contributed by atoms with E-state index in [1.54, 1.807) is 12.1 Å². The maximum atomic E-state index is 13.0. The Hall–Kier alpha value is -2.40. The largest absolute Gasteiger partial charge is 0.493 e. The Balaban J connectivity index is 1.68. The molecule has 23 heavy (non-hydrogen) atoms. The number of rotatable bonds is 8. The molecule has 2 aromatic rings. The molecule has 0 atom stereocenters. The summed E-state index contributed by atoms with van der Waals surface area (Å²) >= 11 is 0. The van der Waals surface area contributed by atoms with E-state index in [1.807, 2.05) is 24.3 Å². The highest BCUT2D eigenvalue weighted by Gasteiger charge is 2.03. The molecule has 0 aromatic heterocycles. The van der Waals surface area contributed by atoms with Crippen LogP contribution in [0.3, 0.4) is 0 Å². The lowest BCUT2D eigenvalue weighted by atomic mass is 10.1. The minimum absolute atomic E-state index is 0.0947. The molecule has 0 unspecified atom stereocenters. The summed E-state index contributed by atoms with van der Waals surface area (Å²) in [5.74, 6) is 0.0255. The van der Waals surface area contributed by atoms with Crippen LogP contribution in [-0.2, 0) is 11.2 Å². The maximum Gasteiger partial charge on any atom is 0.224 e. The highest BCUT2D eigenvalue weighted by Crippen LogP contribution is 2.13. The molecule has 0 heterocycles. The molecule has 2 rings (SSSR count). The van der Waals surface area contributed by atoms with Gasteiger partial charge in [0.05, 0.1) is 6.61 Å². The highest BCUT2D eigenvalue weighted by atomic mass is 19.1. The molecule has 0 saturated carbocycles. The van der Waals surface area contributed by atoms with Crippen molar-refractivity contribution in [3.63, 3.8) is 0 Å². The van der Waals surface area contributed by atoms with Gasteiger partial charge in [0.15, 0.2) is 0 Å². The van der Waals surface area contributed by atoms with E-state index in [9.17, 15) is 9.18 Å². The molecule has 0 bridgehead atoms. The van der Waals surface area contributed by atoms with Crippen molar-refractivity contribution in [2.24, 2.45) is 0 Å². The van der Waals surface area contributed by atoms with Crippen molar-refractivity contribution in [3.8, 4) is 5.75 Å². The Morgan fingerprint density at radius 3 is 2.65 bits per heavy atom. The van der Waals surface area contributed by atoms with E-state index in [2.05, 4.69) is 5.32 Å². The number of halogens is 1. The average molecular weight is 317 g/mol. The van der Waals surface area contributed by atoms with E-state index in [-0.39, 0.29) is 18.3 Å². The Kier molecular flexibility index (Phi) is 6.56. The summed E-state index contributed by atoms with van der Waals surface area (Å²) < 4.78 is 18.4. The third-order valence-corrected chi connectivity index (χ3v) is 3.25. The topological polar surface area (TPSA) is 58.6 Å². The van der Waals surface area contributed by atoms with Gasteiger partial charge < -0.3 is 15.2 Å². The summed E-state index contributed by atoms with van der Waals surface area (Å²) in [7, 11) is 0. The summed E-state index contributed by atoms with van der Waals surface area (Å²) in [4.78, 5) is 11.8. The number of carbonyl (C=O) groups is 1. The van der Waals surface area contributed by atoms with Gasteiger partial charge >= 0.3 is 0 Å². The van der Waals surface area contributed by atoms with Crippen LogP contribution in [0.2, 0.25) is 0 Å². The van der Waals surface area contributed by atoms with Crippen LogP contribution < -0.4 is 10.1 Å². The van der Waals surface area contributed by atoms with Crippen molar-refractivity contribution in [3.05, 3.63) is 59.9 Å². The van der Waals surface area contributed by atoms with Gasteiger partial charge in [0, 0.05) is 24.8 Å². The van der Waals surface area contributed by atoms with Gasteiger partial charge in [-0.15, -0.1) is 0 Å². The van der Waals surface area contributed by atoms with Crippen LogP contribution >= 0.6 is 0 Å². The monoisotopic (exact) mass is 317 g/mol. The second kappa shape index (κ2) is 8.90. The van der Waals surface area contributed by atoms with Crippen molar-refractivity contribution < 1.29 is 19.0 Å². The molecular weight excluding hydrogens is 297 g/mol. The fourth-order valence-electron chi connectivity index (χ4n) is 2.09. The van der Waals surface area contributed by atoms with Gasteiger partial charge in [0.1, 0.15) is 11.6 Å². The maximum absolute atomic E-state index is 13.0. The van der Waals surface area contributed by atoms with E-state index in [1.165, 1.54) is 12.1 Å². The molecule has 1 amide bonds. The van der Waals surface area contributed by atoms with Crippen LogP contribution in [0.1, 0.15) is 18.4 Å². The zero-order valence-electron chi connectivity index (χ0n) is 12.8. The Morgan fingerprint density at radius 2 is 1.96 bits per heavy atom. The standard InChI is InChI=1S/C18H20FNO3/c19-15-3-1-4-17(13-15)23-12-2-5-18(22)20-16-8-6-14(7-9-16)10-11-21/h1,3-4,6-9,13,21H,2,5,10-12H2,(H,20,22). The van der Waals surface area contributed by atoms with Crippen molar-refractivity contribution in [2.45, 2.75) is 19.3 Å². The quantitative estimate of drug-likeness (QED) is 0.735. The number of aliphatic hydroxyl groups is 1. The summed E-state index contributed by atoms with van der Waals surface area (Å²) in [5.41, 5.74) is 1.75. The smallest absolute Gasteiger partial charge is 0.224 e. The van der Waals surface area contributed by atoms with Gasteiger partial charge in [-0.05, 0) is 42.7 Å². The summed E-state index contributed by atoms with van der Waals surface area (Å²) in [6.07, 6.45) is 1.48. The average Bonchev–Trinajstić information content (AvgIpc) is 2.54. The Morgan fingerprint density at radius 1 is 1.17 bits per heavy atom. The number of hydrogen-bond donors (Lipinski definition) is 2. The zero-order valence-corrected chi connectivity index (χ0v) is 12.8. The minimum Gasteiger partial charge on any atom is -0.493 e. The van der Waals surface area contributed by atoms with E-state index in [4.69, 9.17) is 9.84 Å². The second-order valence-electron chi connectivity index (χ2n) is 5.13. The first kappa shape index (κ1) is 17.0. The second-order valence-corrected chi connectivity index (χ2v) is 5.13. The van der Waals surface area contributed by atoms with Gasteiger partial charge in [-0.2, -0.15) is 0 Å². The molecule has 0 aliphatic carbocycles. The van der Waals surface area contributed by atoms with E-state index >= 15 is 0 Å². The van der Waals surface area contributed by atoms with E-state index < -0.39 is 0 Å². The molecule has 0 spiro atoms. The molecule has 2 aromatic carbocycles. The molecule has 122 valence electrons. The number of ether oxygens (including phenoxy) is 1. The van der Waals surface area contributed by atoms with Gasteiger partial charge in [0.2, 0.25) is 5.91 Å². The first-order chi connectivity index (χ1) is 11.2. The van der Waals surface area contributed by atoms with Crippen LogP contribution in [0, 0.1) is 5.82 Å². The minimum atomic E-state index is -0.343. The molecule has 5 heteroatoms. The number of anilines is 1. The first-order valence-electron chi connectivity index (χ1n) is 7.55. The number of aliphatic hydroxyl groups excluding tert-OH is 1. The van der Waals surface area contributed by atoms with Crippen LogP contribution in [0.5, 0.6) is 5.75 Å². The molecule has 4 nitrogen and oxygen atoms in total. The van der Waals surface area contributed by atoms with Gasteiger partial charge in [-0.1, -0.05) is 18.2 Å². The van der Waals surface area contributed by atoms with Crippen molar-refractivity contribution >= 4 is 11.6 Å². The predicted molar refractivity (Wildman–Crippen MR) is 87.0 cm³/mol. The van der Waals surface area contributed by atoms with Crippen LogP contribution in [0.25, 0.3) is 0 Å². The molecule has 0 radical (unpaired) electrons. The molecule has 0 aliphatic heterocycles. The zero-order chi connectivity index (χ0) is 16.5. The normalized spacial score (nSPS) is 10.3. The molecule has 2 N–H and O–H groups in total. The highest BCUT2D eigenvalue weighted by molar-refractivity contribution is 5.90. The van der Waals surface area contributed by atoms with Gasteiger partial charge in [0.25, 0.3) is 0 Å². The SMILES string of the molecule is O=C(CCCOc1cccc(F)c1)Nc1ccc(CCO)cc1. The molecular formula is C18H20FNO3. The van der Waals surface area contributed by atoms with E-state index in [0.717, 1.165) is 11.3 Å². The lowest BCUT2D eigenvalue weighted by molar-refractivity contribution is -0.116. The predicted octanol–water partition coefficient (Wildman–Crippen LogP) is 3.16. The van der Waals surface area contributed by atoms with Gasteiger partial charge in [-0.25, -0.2) is 4.39 Å². The number of nitrogens with one attached hydrogen (secondary N) is 1. The van der Waals surface area contributed by atoms with Gasteiger partial charge in [-0.3, -0.25) is 4.79 Å². The van der Waals surface area contributed by atoms with Crippen molar-refractivity contribution in [1.29, 1.82) is 0 Å². The number of amides is 1. The summed E-state index contributed by atoms with van der Waals surface area (Å²) in [6.45, 7) is 0.462. The van der Waals surface area contributed by atoms with Crippen LogP contribution in [-0.4, -0.2) is 24.2 Å². The lowest BCUT2D eigenvalue weighted by Crippen LogP contribution is -2.12. The molecule has 0 fully saturated rings. The summed E-state index contributed by atoms with van der Waals surface area (Å²) in [6, 6.07) is 13.3. The number of carbonyl (C=O) groups excluding carboxylic acids is 1. The van der Waals surface area contributed by atoms with Crippen molar-refractivity contribution in [1.82, 2.24) is 0 Å². The third-order valence-electron chi connectivity index (χ3n) is 3.25. The first-order valence-corrected chi connectivity index (χ1v) is 7.55. The fourth-order valence-corrected chi connectivity index (χ4v) is 2.09. The Labute approximate surface area is 134 Å². The number of benzene rings is 2.